The average molecular weight is 218 g/mol. The van der Waals surface area contributed by atoms with Gasteiger partial charge in [0.15, 0.2) is 0 Å². The van der Waals surface area contributed by atoms with E-state index in [1.54, 1.807) is 0 Å². The van der Waals surface area contributed by atoms with E-state index in [-0.39, 0.29) is 0 Å². The van der Waals surface area contributed by atoms with Crippen LogP contribution in [0.15, 0.2) is 18.5 Å². The van der Waals surface area contributed by atoms with E-state index in [1.807, 2.05) is 12.4 Å². The Morgan fingerprint density at radius 3 is 2.69 bits per heavy atom. The van der Waals surface area contributed by atoms with Gasteiger partial charge in [-0.15, -0.1) is 0 Å². The molecular weight excluding hydrogens is 196 g/mol. The Kier molecular flexibility index (Phi) is 3.47. The summed E-state index contributed by atoms with van der Waals surface area (Å²) in [4.78, 5) is 4.22. The number of nitrogens with one attached hydrogen (secondary N) is 1. The van der Waals surface area contributed by atoms with Gasteiger partial charge in [0.1, 0.15) is 0 Å². The van der Waals surface area contributed by atoms with Crippen LogP contribution in [0.25, 0.3) is 0 Å². The minimum atomic E-state index is 0.634. The lowest BCUT2D eigenvalue weighted by Crippen LogP contribution is -2.30. The number of anilines is 1. The Morgan fingerprint density at radius 2 is 2.00 bits per heavy atom. The maximum atomic E-state index is 4.22. The summed E-state index contributed by atoms with van der Waals surface area (Å²) in [7, 11) is 0. The second-order valence-electron chi connectivity index (χ2n) is 5.36. The molecule has 1 aromatic rings. The Bertz CT molecular complexity index is 348. The van der Waals surface area contributed by atoms with Crippen LogP contribution in [0.4, 0.5) is 5.69 Å². The van der Waals surface area contributed by atoms with Gasteiger partial charge >= 0.3 is 0 Å². The molecule has 1 fully saturated rings. The van der Waals surface area contributed by atoms with Crippen molar-refractivity contribution in [1.82, 2.24) is 4.98 Å². The standard InChI is InChI=1S/C14H22N2/c1-10-6-14(9-15-8-10)16-13-5-4-11(2)12(3)7-13/h6,8-9,11-13,16H,4-5,7H2,1-3H3. The Labute approximate surface area is 98.5 Å². The van der Waals surface area contributed by atoms with Gasteiger partial charge in [0.2, 0.25) is 0 Å². The SMILES string of the molecule is Cc1cncc(NC2CCC(C)C(C)C2)c1. The van der Waals surface area contributed by atoms with Gasteiger partial charge in [0, 0.05) is 18.4 Å². The third-order valence-corrected chi connectivity index (χ3v) is 3.84. The van der Waals surface area contributed by atoms with Gasteiger partial charge in [-0.3, -0.25) is 4.98 Å². The zero-order chi connectivity index (χ0) is 11.5. The molecule has 1 N–H and O–H groups in total. The first kappa shape index (κ1) is 11.4. The molecule has 1 saturated carbocycles. The Hall–Kier alpha value is -1.05. The molecule has 1 heterocycles. The van der Waals surface area contributed by atoms with Crippen LogP contribution in [0, 0.1) is 18.8 Å². The minimum Gasteiger partial charge on any atom is -0.381 e. The van der Waals surface area contributed by atoms with Crippen LogP contribution in [0.5, 0.6) is 0 Å². The number of aromatic nitrogens is 1. The number of pyridine rings is 1. The molecule has 3 atom stereocenters. The molecule has 0 saturated heterocycles. The predicted octanol–water partition coefficient (Wildman–Crippen LogP) is 3.63. The van der Waals surface area contributed by atoms with E-state index in [0.29, 0.717) is 6.04 Å². The maximum Gasteiger partial charge on any atom is 0.0531 e. The van der Waals surface area contributed by atoms with Crippen LogP contribution in [0.3, 0.4) is 0 Å². The molecule has 0 amide bonds. The van der Waals surface area contributed by atoms with E-state index >= 15 is 0 Å². The highest BCUT2D eigenvalue weighted by molar-refractivity contribution is 5.43. The summed E-state index contributed by atoms with van der Waals surface area (Å²) >= 11 is 0. The van der Waals surface area contributed by atoms with E-state index < -0.39 is 0 Å². The van der Waals surface area contributed by atoms with Gasteiger partial charge in [-0.25, -0.2) is 0 Å². The lowest BCUT2D eigenvalue weighted by Gasteiger charge is -2.33. The number of hydrogen-bond donors (Lipinski definition) is 1. The minimum absolute atomic E-state index is 0.634. The van der Waals surface area contributed by atoms with Crippen molar-refractivity contribution in [3.63, 3.8) is 0 Å². The first-order chi connectivity index (χ1) is 7.65. The first-order valence-electron chi connectivity index (χ1n) is 6.33. The molecule has 16 heavy (non-hydrogen) atoms. The fourth-order valence-corrected chi connectivity index (χ4v) is 2.55. The number of nitrogens with zero attached hydrogens (tertiary/aromatic N) is 1. The molecular formula is C14H22N2. The van der Waals surface area contributed by atoms with E-state index in [4.69, 9.17) is 0 Å². The van der Waals surface area contributed by atoms with Crippen LogP contribution in [0.2, 0.25) is 0 Å². The van der Waals surface area contributed by atoms with Crippen molar-refractivity contribution in [2.24, 2.45) is 11.8 Å². The zero-order valence-electron chi connectivity index (χ0n) is 10.5. The summed E-state index contributed by atoms with van der Waals surface area (Å²) in [6.07, 6.45) is 7.75. The summed E-state index contributed by atoms with van der Waals surface area (Å²) < 4.78 is 0. The molecule has 0 bridgehead atoms. The molecule has 0 aliphatic heterocycles. The van der Waals surface area contributed by atoms with Crippen LogP contribution < -0.4 is 5.32 Å². The van der Waals surface area contributed by atoms with Crippen molar-refractivity contribution < 1.29 is 0 Å². The predicted molar refractivity (Wildman–Crippen MR) is 68.6 cm³/mol. The van der Waals surface area contributed by atoms with Gasteiger partial charge in [-0.1, -0.05) is 13.8 Å². The number of aryl methyl sites for hydroxylation is 1. The quantitative estimate of drug-likeness (QED) is 0.820. The Morgan fingerprint density at radius 1 is 1.19 bits per heavy atom. The van der Waals surface area contributed by atoms with Crippen LogP contribution in [-0.4, -0.2) is 11.0 Å². The third kappa shape index (κ3) is 2.75. The summed E-state index contributed by atoms with van der Waals surface area (Å²) in [5, 5.41) is 3.61. The summed E-state index contributed by atoms with van der Waals surface area (Å²) in [6.45, 7) is 6.83. The lowest BCUT2D eigenvalue weighted by atomic mass is 9.79. The zero-order valence-corrected chi connectivity index (χ0v) is 10.5. The molecule has 3 unspecified atom stereocenters. The fraction of sp³-hybridized carbons (Fsp3) is 0.643. The monoisotopic (exact) mass is 218 g/mol. The van der Waals surface area contributed by atoms with Crippen molar-refractivity contribution in [1.29, 1.82) is 0 Å². The lowest BCUT2D eigenvalue weighted by molar-refractivity contribution is 0.261. The van der Waals surface area contributed by atoms with Gasteiger partial charge in [0.05, 0.1) is 5.69 Å². The van der Waals surface area contributed by atoms with E-state index in [0.717, 1.165) is 11.8 Å². The molecule has 0 radical (unpaired) electrons. The second kappa shape index (κ2) is 4.86. The van der Waals surface area contributed by atoms with Gasteiger partial charge in [-0.05, 0) is 49.7 Å². The molecule has 1 aliphatic rings. The van der Waals surface area contributed by atoms with Crippen molar-refractivity contribution >= 4 is 5.69 Å². The van der Waals surface area contributed by atoms with Crippen molar-refractivity contribution in [2.75, 3.05) is 5.32 Å². The average Bonchev–Trinajstić information content (AvgIpc) is 2.24. The maximum absolute atomic E-state index is 4.22. The number of rotatable bonds is 2. The van der Waals surface area contributed by atoms with Crippen molar-refractivity contribution in [3.8, 4) is 0 Å². The first-order valence-corrected chi connectivity index (χ1v) is 6.33. The van der Waals surface area contributed by atoms with E-state index in [9.17, 15) is 0 Å². The summed E-state index contributed by atoms with van der Waals surface area (Å²) in [6, 6.07) is 2.81. The van der Waals surface area contributed by atoms with Crippen LogP contribution in [0.1, 0.15) is 38.7 Å². The molecule has 0 aromatic carbocycles. The van der Waals surface area contributed by atoms with Gasteiger partial charge in [-0.2, -0.15) is 0 Å². The molecule has 0 spiro atoms. The molecule has 2 nitrogen and oxygen atoms in total. The van der Waals surface area contributed by atoms with E-state index in [2.05, 4.69) is 37.1 Å². The Balaban J connectivity index is 1.95. The molecule has 1 aliphatic carbocycles. The highest BCUT2D eigenvalue weighted by Crippen LogP contribution is 2.30. The largest absolute Gasteiger partial charge is 0.381 e. The molecule has 2 rings (SSSR count). The summed E-state index contributed by atoms with van der Waals surface area (Å²) in [5.74, 6) is 1.72. The third-order valence-electron chi connectivity index (χ3n) is 3.84. The second-order valence-corrected chi connectivity index (χ2v) is 5.36. The van der Waals surface area contributed by atoms with Gasteiger partial charge in [0.25, 0.3) is 0 Å². The highest BCUT2D eigenvalue weighted by Gasteiger charge is 2.24. The fourth-order valence-electron chi connectivity index (χ4n) is 2.55. The molecule has 2 heteroatoms. The molecule has 1 aromatic heterocycles. The van der Waals surface area contributed by atoms with Crippen LogP contribution in [-0.2, 0) is 0 Å². The van der Waals surface area contributed by atoms with Crippen molar-refractivity contribution in [3.05, 3.63) is 24.0 Å². The topological polar surface area (TPSA) is 24.9 Å². The van der Waals surface area contributed by atoms with E-state index in [1.165, 1.54) is 30.5 Å². The van der Waals surface area contributed by atoms with Crippen LogP contribution >= 0.6 is 0 Å². The van der Waals surface area contributed by atoms with Crippen molar-refractivity contribution in [2.45, 2.75) is 46.1 Å². The normalized spacial score (nSPS) is 30.1. The molecule has 88 valence electrons. The smallest absolute Gasteiger partial charge is 0.0531 e. The highest BCUT2D eigenvalue weighted by atomic mass is 14.9. The summed E-state index contributed by atoms with van der Waals surface area (Å²) in [5.41, 5.74) is 2.40. The number of hydrogen-bond acceptors (Lipinski definition) is 2. The van der Waals surface area contributed by atoms with Gasteiger partial charge < -0.3 is 5.32 Å².